The van der Waals surface area contributed by atoms with Crippen molar-refractivity contribution in [2.45, 2.75) is 71.3 Å². The molecular weight excluding hydrogens is 696 g/mol. The van der Waals surface area contributed by atoms with Gasteiger partial charge in [-0.2, -0.15) is 5.21 Å². The average molecular weight is 730 g/mol. The molecule has 19 nitrogen and oxygen atoms in total. The molecule has 0 saturated heterocycles. The molecule has 0 aliphatic heterocycles. The summed E-state index contributed by atoms with van der Waals surface area (Å²) < 4.78 is 17.1. The normalized spacial score (nSPS) is 12.1. The number of nitrogens with zero attached hydrogens (tertiary/aromatic N) is 8. The molecular formula is C31H34ClN8O11-. The Balaban J connectivity index is 1.36. The number of rotatable bonds is 20. The molecule has 1 unspecified atom stereocenters. The first kappa shape index (κ1) is 38.0. The topological polar surface area (TPSA) is 237 Å². The number of aryl methyl sites for hydroxylation is 1. The summed E-state index contributed by atoms with van der Waals surface area (Å²) in [6.45, 7) is 2.81. The molecule has 0 spiro atoms. The van der Waals surface area contributed by atoms with E-state index in [1.165, 1.54) is 6.92 Å². The maximum absolute atomic E-state index is 13.3. The molecule has 2 atom stereocenters. The van der Waals surface area contributed by atoms with E-state index in [-0.39, 0.29) is 43.3 Å². The van der Waals surface area contributed by atoms with E-state index >= 15 is 0 Å². The number of carbonyl (C=O) groups is 2. The number of esters is 1. The number of aromatic nitrogens is 6. The first-order valence-electron chi connectivity index (χ1n) is 15.8. The largest absolute Gasteiger partial charge is 0.511 e. The Hall–Kier alpha value is -5.85. The lowest BCUT2D eigenvalue weighted by Crippen LogP contribution is -2.25. The number of tetrazole rings is 1. The van der Waals surface area contributed by atoms with Crippen LogP contribution in [-0.4, -0.2) is 73.0 Å². The number of carbonyl (C=O) groups excluding carboxylic acids is 2. The predicted molar refractivity (Wildman–Crippen MR) is 175 cm³/mol. The number of hydrogen-bond donors (Lipinski definition) is 0. The lowest BCUT2D eigenvalue weighted by molar-refractivity contribution is -0.790. The fourth-order valence-electron chi connectivity index (χ4n) is 4.97. The molecule has 0 amide bonds. The Kier molecular flexibility index (Phi) is 14.0. The van der Waals surface area contributed by atoms with Crippen LogP contribution in [0.15, 0.2) is 48.5 Å². The predicted octanol–water partition coefficient (Wildman–Crippen LogP) is 5.02. The van der Waals surface area contributed by atoms with Crippen molar-refractivity contribution in [2.75, 3.05) is 13.2 Å². The van der Waals surface area contributed by atoms with Crippen molar-refractivity contribution < 1.29 is 43.6 Å². The maximum atomic E-state index is 13.3. The smallest absolute Gasteiger partial charge is 0.434 e. The van der Waals surface area contributed by atoms with Crippen LogP contribution in [0.2, 0.25) is 5.15 Å². The summed E-state index contributed by atoms with van der Waals surface area (Å²) >= 11 is 6.46. The fourth-order valence-corrected chi connectivity index (χ4v) is 5.25. The summed E-state index contributed by atoms with van der Waals surface area (Å²) in [6.07, 6.45) is -0.951. The van der Waals surface area contributed by atoms with Gasteiger partial charge in [-0.1, -0.05) is 73.5 Å². The Morgan fingerprint density at radius 3 is 2.41 bits per heavy atom. The van der Waals surface area contributed by atoms with Gasteiger partial charge in [0, 0.05) is 25.7 Å². The van der Waals surface area contributed by atoms with Crippen LogP contribution >= 0.6 is 11.6 Å². The summed E-state index contributed by atoms with van der Waals surface area (Å²) in [5, 5.41) is 33.8. The molecule has 0 fully saturated rings. The van der Waals surface area contributed by atoms with Crippen LogP contribution in [-0.2, 0) is 36.9 Å². The summed E-state index contributed by atoms with van der Waals surface area (Å²) in [6, 6.07) is 15.3. The highest BCUT2D eigenvalue weighted by molar-refractivity contribution is 6.32. The summed E-state index contributed by atoms with van der Waals surface area (Å²) in [5.41, 5.74) is 3.41. The van der Waals surface area contributed by atoms with Gasteiger partial charge in [0.05, 0.1) is 6.61 Å². The molecule has 0 N–H and O–H groups in total. The number of benzene rings is 2. The average Bonchev–Trinajstić information content (AvgIpc) is 3.74. The Morgan fingerprint density at radius 2 is 1.75 bits per heavy atom. The number of imidazole rings is 1. The highest BCUT2D eigenvalue weighted by Crippen LogP contribution is 2.30. The van der Waals surface area contributed by atoms with Gasteiger partial charge in [-0.25, -0.2) is 14.6 Å². The van der Waals surface area contributed by atoms with E-state index in [4.69, 9.17) is 25.8 Å². The van der Waals surface area contributed by atoms with E-state index in [1.54, 1.807) is 4.57 Å². The number of ether oxygens (including phenoxy) is 3. The molecule has 4 rings (SSSR count). The van der Waals surface area contributed by atoms with E-state index < -0.39 is 41.3 Å². The van der Waals surface area contributed by atoms with Gasteiger partial charge in [0.1, 0.15) is 18.5 Å². The van der Waals surface area contributed by atoms with Crippen molar-refractivity contribution in [1.82, 2.24) is 30.2 Å². The van der Waals surface area contributed by atoms with Gasteiger partial charge in [-0.3, -0.25) is 10.3 Å². The van der Waals surface area contributed by atoms with E-state index in [9.17, 15) is 29.8 Å². The second kappa shape index (κ2) is 18.8. The molecule has 51 heavy (non-hydrogen) atoms. The number of halogens is 1. The van der Waals surface area contributed by atoms with Gasteiger partial charge in [-0.05, 0) is 47.9 Å². The monoisotopic (exact) mass is 729 g/mol. The van der Waals surface area contributed by atoms with Crippen LogP contribution in [0.4, 0.5) is 4.79 Å². The van der Waals surface area contributed by atoms with Crippen LogP contribution in [0.5, 0.6) is 0 Å². The molecule has 0 bridgehead atoms. The molecule has 272 valence electrons. The van der Waals surface area contributed by atoms with E-state index in [2.05, 4.69) is 35.3 Å². The minimum absolute atomic E-state index is 0.0121. The lowest BCUT2D eigenvalue weighted by atomic mass is 9.98. The summed E-state index contributed by atoms with van der Waals surface area (Å²) in [5.74, 6) is 0.126. The number of hydrogen-bond acceptors (Lipinski definition) is 15. The Bertz CT molecular complexity index is 1770. The highest BCUT2D eigenvalue weighted by Gasteiger charge is 2.26. The molecule has 2 heterocycles. The van der Waals surface area contributed by atoms with Gasteiger partial charge >= 0.3 is 12.1 Å². The standard InChI is InChI=1S/C31H34ClN8O11/c1-3-4-12-26-33-28(32)27(30(41)49-20(2)50-31(42)47-17-8-7-9-23(51-40(45)46)19-48-39(43)44)38(26)18-21-13-15-22(16-14-21)24-10-5-6-11-25(24)29-34-36-37-35-29/h5-6,10-11,13-16,20,23H,3-4,7-9,12,17-19H2,1-2H3/q-1/t20?,23-/m1/s1. The quantitative estimate of drug-likeness (QED) is 0.0382. The van der Waals surface area contributed by atoms with Crippen molar-refractivity contribution in [3.63, 3.8) is 0 Å². The van der Waals surface area contributed by atoms with Crippen LogP contribution in [0, 0.1) is 20.2 Å². The van der Waals surface area contributed by atoms with Crippen LogP contribution in [0.3, 0.4) is 0 Å². The zero-order valence-corrected chi connectivity index (χ0v) is 28.3. The van der Waals surface area contributed by atoms with E-state index in [0.717, 1.165) is 35.1 Å². The molecule has 20 heteroatoms. The minimum Gasteiger partial charge on any atom is -0.434 e. The first-order valence-corrected chi connectivity index (χ1v) is 16.2. The fraction of sp³-hybridized carbons (Fsp3) is 0.419. The number of unbranched alkanes of at least 4 members (excludes halogenated alkanes) is 2. The van der Waals surface area contributed by atoms with Gasteiger partial charge in [0.2, 0.25) is 6.29 Å². The zero-order chi connectivity index (χ0) is 36.8. The van der Waals surface area contributed by atoms with Crippen molar-refractivity contribution in [3.8, 4) is 22.5 Å². The third-order valence-corrected chi connectivity index (χ3v) is 7.58. The van der Waals surface area contributed by atoms with Gasteiger partial charge in [-0.15, -0.1) is 20.2 Å². The lowest BCUT2D eigenvalue weighted by Gasteiger charge is -2.16. The van der Waals surface area contributed by atoms with Crippen LogP contribution < -0.4 is 5.10 Å². The first-order chi connectivity index (χ1) is 24.5. The Labute approximate surface area is 295 Å². The van der Waals surface area contributed by atoms with Crippen molar-refractivity contribution in [3.05, 3.63) is 91.0 Å². The van der Waals surface area contributed by atoms with Crippen molar-refractivity contribution >= 4 is 23.7 Å². The third kappa shape index (κ3) is 11.3. The molecule has 0 saturated carbocycles. The summed E-state index contributed by atoms with van der Waals surface area (Å²) in [4.78, 5) is 59.4. The maximum Gasteiger partial charge on any atom is 0.511 e. The van der Waals surface area contributed by atoms with Gasteiger partial charge in [0.15, 0.2) is 10.8 Å². The molecule has 0 aliphatic carbocycles. The van der Waals surface area contributed by atoms with E-state index in [1.807, 2.05) is 55.5 Å². The van der Waals surface area contributed by atoms with Crippen molar-refractivity contribution in [2.24, 2.45) is 0 Å². The molecule has 2 aromatic carbocycles. The molecule has 0 aliphatic rings. The van der Waals surface area contributed by atoms with Gasteiger partial charge in [0.25, 0.3) is 10.2 Å². The van der Waals surface area contributed by atoms with Crippen LogP contribution in [0.1, 0.15) is 67.8 Å². The molecule has 2 aromatic heterocycles. The van der Waals surface area contributed by atoms with Gasteiger partial charge < -0.3 is 33.6 Å². The molecule has 4 aromatic rings. The zero-order valence-electron chi connectivity index (χ0n) is 27.6. The highest BCUT2D eigenvalue weighted by atomic mass is 35.5. The Morgan fingerprint density at radius 1 is 1.00 bits per heavy atom. The summed E-state index contributed by atoms with van der Waals surface area (Å²) in [7, 11) is 0. The SMILES string of the molecule is CCCCc1nc(Cl)c(C(=O)OC(C)OC(=O)OCCCC[C@H](CO[N+](=O)[O-])O[N+](=O)[O-])n1Cc1ccc(-c2ccccc2-c2nnn[n-]2)cc1. The van der Waals surface area contributed by atoms with Crippen molar-refractivity contribution in [1.29, 1.82) is 0 Å². The second-order valence-corrected chi connectivity index (χ2v) is 11.3. The minimum atomic E-state index is -1.36. The van der Waals surface area contributed by atoms with E-state index in [0.29, 0.717) is 18.1 Å². The molecule has 0 radical (unpaired) electrons. The third-order valence-electron chi connectivity index (χ3n) is 7.32. The second-order valence-electron chi connectivity index (χ2n) is 11.0. The van der Waals surface area contributed by atoms with Crippen LogP contribution in [0.25, 0.3) is 22.5 Å².